The molecule has 0 saturated heterocycles. The van der Waals surface area contributed by atoms with Crippen LogP contribution in [0.25, 0.3) is 0 Å². The van der Waals surface area contributed by atoms with Crippen LogP contribution in [0.3, 0.4) is 0 Å². The molecule has 2 aromatic rings. The molecule has 2 rings (SSSR count). The van der Waals surface area contributed by atoms with Crippen LogP contribution in [0.4, 0.5) is 0 Å². The Morgan fingerprint density at radius 1 is 1.04 bits per heavy atom. The standard InChI is InChI=1S/C23H31NO2/c1-8-21(18-10-9-15(4)16(5)11-18)24-23(25)20-13-19(14(2)3)22(26-7)12-17(20)6/h9-14,21H,8H2,1-7H3,(H,24,25)/t21-/m0/s1. The number of carbonyl (C=O) groups is 1. The van der Waals surface area contributed by atoms with Crippen LogP contribution < -0.4 is 10.1 Å². The van der Waals surface area contributed by atoms with Gasteiger partial charge in [-0.15, -0.1) is 0 Å². The Morgan fingerprint density at radius 3 is 2.27 bits per heavy atom. The maximum atomic E-state index is 13.0. The number of ether oxygens (including phenoxy) is 1. The summed E-state index contributed by atoms with van der Waals surface area (Å²) in [7, 11) is 1.67. The molecule has 0 bridgehead atoms. The Morgan fingerprint density at radius 2 is 1.73 bits per heavy atom. The first kappa shape index (κ1) is 20.0. The van der Waals surface area contributed by atoms with Gasteiger partial charge in [0.15, 0.2) is 0 Å². The Bertz CT molecular complexity index is 793. The molecule has 0 aromatic heterocycles. The van der Waals surface area contributed by atoms with Gasteiger partial charge in [-0.05, 0) is 73.1 Å². The molecule has 0 spiro atoms. The van der Waals surface area contributed by atoms with E-state index in [1.165, 1.54) is 11.1 Å². The van der Waals surface area contributed by atoms with E-state index in [2.05, 4.69) is 58.1 Å². The fraction of sp³-hybridized carbons (Fsp3) is 0.435. The Hall–Kier alpha value is -2.29. The topological polar surface area (TPSA) is 38.3 Å². The van der Waals surface area contributed by atoms with Crippen LogP contribution in [0.2, 0.25) is 0 Å². The predicted molar refractivity (Wildman–Crippen MR) is 108 cm³/mol. The molecular weight excluding hydrogens is 322 g/mol. The summed E-state index contributed by atoms with van der Waals surface area (Å²) in [5.41, 5.74) is 6.37. The van der Waals surface area contributed by atoms with Crippen molar-refractivity contribution in [1.29, 1.82) is 0 Å². The summed E-state index contributed by atoms with van der Waals surface area (Å²) in [6.07, 6.45) is 0.848. The van der Waals surface area contributed by atoms with E-state index in [9.17, 15) is 4.79 Å². The van der Waals surface area contributed by atoms with Gasteiger partial charge in [0, 0.05) is 5.56 Å². The first-order valence-corrected chi connectivity index (χ1v) is 9.35. The molecule has 0 aliphatic rings. The molecule has 3 heteroatoms. The van der Waals surface area contributed by atoms with Crippen molar-refractivity contribution in [3.8, 4) is 5.75 Å². The predicted octanol–water partition coefficient (Wildman–Crippen LogP) is 5.62. The number of nitrogens with one attached hydrogen (secondary N) is 1. The molecule has 26 heavy (non-hydrogen) atoms. The molecule has 1 atom stereocenters. The van der Waals surface area contributed by atoms with Gasteiger partial charge in [-0.25, -0.2) is 0 Å². The summed E-state index contributed by atoms with van der Waals surface area (Å²) in [4.78, 5) is 13.0. The molecule has 0 aliphatic heterocycles. The average Bonchev–Trinajstić information content (AvgIpc) is 2.61. The summed E-state index contributed by atoms with van der Waals surface area (Å²) in [5.74, 6) is 1.10. The van der Waals surface area contributed by atoms with Gasteiger partial charge >= 0.3 is 0 Å². The third-order valence-electron chi connectivity index (χ3n) is 5.09. The van der Waals surface area contributed by atoms with Crippen molar-refractivity contribution in [1.82, 2.24) is 5.32 Å². The first-order valence-electron chi connectivity index (χ1n) is 9.35. The first-order chi connectivity index (χ1) is 12.3. The number of benzene rings is 2. The highest BCUT2D eigenvalue weighted by Crippen LogP contribution is 2.30. The fourth-order valence-electron chi connectivity index (χ4n) is 3.21. The van der Waals surface area contributed by atoms with Gasteiger partial charge in [-0.1, -0.05) is 39.0 Å². The zero-order chi connectivity index (χ0) is 19.4. The third kappa shape index (κ3) is 4.27. The Labute approximate surface area is 157 Å². The lowest BCUT2D eigenvalue weighted by atomic mass is 9.95. The van der Waals surface area contributed by atoms with Crippen molar-refractivity contribution < 1.29 is 9.53 Å². The summed E-state index contributed by atoms with van der Waals surface area (Å²) < 4.78 is 5.49. The quantitative estimate of drug-likeness (QED) is 0.731. The molecule has 0 fully saturated rings. The monoisotopic (exact) mass is 353 g/mol. The fourth-order valence-corrected chi connectivity index (χ4v) is 3.21. The zero-order valence-electron chi connectivity index (χ0n) is 17.1. The lowest BCUT2D eigenvalue weighted by Gasteiger charge is -2.21. The Kier molecular flexibility index (Phi) is 6.47. The summed E-state index contributed by atoms with van der Waals surface area (Å²) in [6, 6.07) is 10.3. The number of amides is 1. The molecule has 2 aromatic carbocycles. The average molecular weight is 354 g/mol. The Balaban J connectivity index is 2.32. The van der Waals surface area contributed by atoms with E-state index in [1.54, 1.807) is 7.11 Å². The van der Waals surface area contributed by atoms with Gasteiger partial charge < -0.3 is 10.1 Å². The van der Waals surface area contributed by atoms with Crippen LogP contribution in [0.15, 0.2) is 30.3 Å². The zero-order valence-corrected chi connectivity index (χ0v) is 17.1. The van der Waals surface area contributed by atoms with E-state index in [-0.39, 0.29) is 11.9 Å². The minimum Gasteiger partial charge on any atom is -0.496 e. The highest BCUT2D eigenvalue weighted by atomic mass is 16.5. The van der Waals surface area contributed by atoms with Crippen molar-refractivity contribution in [2.45, 2.75) is 59.9 Å². The molecular formula is C23H31NO2. The maximum Gasteiger partial charge on any atom is 0.252 e. The van der Waals surface area contributed by atoms with Crippen LogP contribution in [0.1, 0.15) is 77.3 Å². The van der Waals surface area contributed by atoms with Crippen molar-refractivity contribution in [3.05, 3.63) is 63.7 Å². The summed E-state index contributed by atoms with van der Waals surface area (Å²) >= 11 is 0. The molecule has 0 unspecified atom stereocenters. The van der Waals surface area contributed by atoms with E-state index in [4.69, 9.17) is 4.74 Å². The largest absolute Gasteiger partial charge is 0.496 e. The minimum absolute atomic E-state index is 0.00537. The number of hydrogen-bond acceptors (Lipinski definition) is 2. The van der Waals surface area contributed by atoms with E-state index in [0.717, 1.165) is 34.4 Å². The second-order valence-corrected chi connectivity index (χ2v) is 7.34. The summed E-state index contributed by atoms with van der Waals surface area (Å²) in [6.45, 7) is 12.5. The molecule has 0 saturated carbocycles. The molecule has 0 heterocycles. The van der Waals surface area contributed by atoms with Crippen molar-refractivity contribution >= 4 is 5.91 Å². The van der Waals surface area contributed by atoms with Crippen LogP contribution in [-0.2, 0) is 0 Å². The van der Waals surface area contributed by atoms with Gasteiger partial charge in [-0.2, -0.15) is 0 Å². The number of hydrogen-bond donors (Lipinski definition) is 1. The molecule has 3 nitrogen and oxygen atoms in total. The lowest BCUT2D eigenvalue weighted by Crippen LogP contribution is -2.29. The van der Waals surface area contributed by atoms with Crippen LogP contribution >= 0.6 is 0 Å². The molecule has 0 radical (unpaired) electrons. The van der Waals surface area contributed by atoms with Crippen LogP contribution in [-0.4, -0.2) is 13.0 Å². The van der Waals surface area contributed by atoms with Gasteiger partial charge in [0.2, 0.25) is 0 Å². The van der Waals surface area contributed by atoms with Crippen LogP contribution in [0, 0.1) is 20.8 Å². The second kappa shape index (κ2) is 8.39. The van der Waals surface area contributed by atoms with Crippen molar-refractivity contribution in [3.63, 3.8) is 0 Å². The van der Waals surface area contributed by atoms with Crippen molar-refractivity contribution in [2.24, 2.45) is 0 Å². The van der Waals surface area contributed by atoms with Gasteiger partial charge in [-0.3, -0.25) is 4.79 Å². The minimum atomic E-state index is -0.0304. The number of carbonyl (C=O) groups excluding carboxylic acids is 1. The van der Waals surface area contributed by atoms with Gasteiger partial charge in [0.05, 0.1) is 13.2 Å². The second-order valence-electron chi connectivity index (χ2n) is 7.34. The third-order valence-corrected chi connectivity index (χ3v) is 5.09. The number of methoxy groups -OCH3 is 1. The van der Waals surface area contributed by atoms with E-state index in [1.807, 2.05) is 19.1 Å². The molecule has 1 N–H and O–H groups in total. The maximum absolute atomic E-state index is 13.0. The van der Waals surface area contributed by atoms with Crippen LogP contribution in [0.5, 0.6) is 5.75 Å². The highest BCUT2D eigenvalue weighted by Gasteiger charge is 2.19. The normalized spacial score (nSPS) is 12.2. The van der Waals surface area contributed by atoms with Crippen molar-refractivity contribution in [2.75, 3.05) is 7.11 Å². The molecule has 1 amide bonds. The lowest BCUT2D eigenvalue weighted by molar-refractivity contribution is 0.0935. The highest BCUT2D eigenvalue weighted by molar-refractivity contribution is 5.96. The SMILES string of the molecule is CC[C@H](NC(=O)c1cc(C(C)C)c(OC)cc1C)c1ccc(C)c(C)c1. The van der Waals surface area contributed by atoms with E-state index in [0.29, 0.717) is 5.92 Å². The summed E-state index contributed by atoms with van der Waals surface area (Å²) in [5, 5.41) is 3.21. The van der Waals surface area contributed by atoms with Gasteiger partial charge in [0.25, 0.3) is 5.91 Å². The molecule has 0 aliphatic carbocycles. The van der Waals surface area contributed by atoms with E-state index < -0.39 is 0 Å². The molecule has 140 valence electrons. The van der Waals surface area contributed by atoms with E-state index >= 15 is 0 Å². The number of rotatable bonds is 6. The number of aryl methyl sites for hydroxylation is 3. The van der Waals surface area contributed by atoms with Gasteiger partial charge in [0.1, 0.15) is 5.75 Å². The smallest absolute Gasteiger partial charge is 0.252 e.